The van der Waals surface area contributed by atoms with Gasteiger partial charge in [0.2, 0.25) is 5.91 Å². The highest BCUT2D eigenvalue weighted by molar-refractivity contribution is 5.94. The van der Waals surface area contributed by atoms with E-state index in [9.17, 15) is 14.0 Å². The molecule has 0 aliphatic carbocycles. The first kappa shape index (κ1) is 20.8. The van der Waals surface area contributed by atoms with Gasteiger partial charge in [-0.15, -0.1) is 0 Å². The summed E-state index contributed by atoms with van der Waals surface area (Å²) in [6.45, 7) is 1.02. The summed E-state index contributed by atoms with van der Waals surface area (Å²) >= 11 is 0. The van der Waals surface area contributed by atoms with E-state index in [1.54, 1.807) is 4.90 Å². The van der Waals surface area contributed by atoms with Gasteiger partial charge in [0.25, 0.3) is 5.91 Å². The molecule has 5 heteroatoms. The molecule has 0 radical (unpaired) electrons. The highest BCUT2D eigenvalue weighted by atomic mass is 19.1. The topological polar surface area (TPSA) is 49.4 Å². The summed E-state index contributed by atoms with van der Waals surface area (Å²) in [5.74, 6) is -0.623. The first-order valence-electron chi connectivity index (χ1n) is 10.6. The lowest BCUT2D eigenvalue weighted by Gasteiger charge is -2.32. The van der Waals surface area contributed by atoms with Crippen molar-refractivity contribution < 1.29 is 14.0 Å². The molecule has 1 aliphatic rings. The van der Waals surface area contributed by atoms with Gasteiger partial charge < -0.3 is 10.2 Å². The number of halogens is 1. The van der Waals surface area contributed by atoms with E-state index in [1.807, 2.05) is 60.7 Å². The van der Waals surface area contributed by atoms with E-state index < -0.39 is 0 Å². The van der Waals surface area contributed by atoms with Gasteiger partial charge >= 0.3 is 0 Å². The number of carbonyl (C=O) groups is 2. The van der Waals surface area contributed by atoms with Gasteiger partial charge in [-0.3, -0.25) is 9.59 Å². The summed E-state index contributed by atoms with van der Waals surface area (Å²) in [5.41, 5.74) is 2.54. The molecule has 3 aromatic carbocycles. The van der Waals surface area contributed by atoms with Gasteiger partial charge in [-0.05, 0) is 48.2 Å². The van der Waals surface area contributed by atoms with Crippen LogP contribution in [-0.4, -0.2) is 29.8 Å². The SMILES string of the molecule is O=C(NC(c1ccccc1)c1ccccc1)C1CCN(C(=O)c2ccc(F)cc2)CC1. The molecule has 1 aliphatic heterocycles. The van der Waals surface area contributed by atoms with Gasteiger partial charge in [0, 0.05) is 24.6 Å². The maximum atomic E-state index is 13.1. The maximum absolute atomic E-state index is 13.1. The van der Waals surface area contributed by atoms with Crippen LogP contribution in [0.15, 0.2) is 84.9 Å². The Morgan fingerprint density at radius 2 is 1.32 bits per heavy atom. The van der Waals surface area contributed by atoms with E-state index in [1.165, 1.54) is 24.3 Å². The molecule has 3 aromatic rings. The second kappa shape index (κ2) is 9.56. The Morgan fingerprint density at radius 3 is 1.84 bits per heavy atom. The lowest BCUT2D eigenvalue weighted by molar-refractivity contribution is -0.126. The minimum Gasteiger partial charge on any atom is -0.345 e. The number of hydrogen-bond donors (Lipinski definition) is 1. The molecule has 1 N–H and O–H groups in total. The smallest absolute Gasteiger partial charge is 0.253 e. The summed E-state index contributed by atoms with van der Waals surface area (Å²) in [6.07, 6.45) is 1.21. The number of amides is 2. The lowest BCUT2D eigenvalue weighted by atomic mass is 9.93. The summed E-state index contributed by atoms with van der Waals surface area (Å²) < 4.78 is 13.1. The summed E-state index contributed by atoms with van der Waals surface area (Å²) in [6, 6.07) is 25.2. The Bertz CT molecular complexity index is 975. The highest BCUT2D eigenvalue weighted by Gasteiger charge is 2.29. The molecular formula is C26H25FN2O2. The van der Waals surface area contributed by atoms with Crippen LogP contribution in [-0.2, 0) is 4.79 Å². The number of hydrogen-bond acceptors (Lipinski definition) is 2. The highest BCUT2D eigenvalue weighted by Crippen LogP contribution is 2.25. The third-order valence-electron chi connectivity index (χ3n) is 5.80. The molecule has 4 rings (SSSR count). The fourth-order valence-corrected chi connectivity index (χ4v) is 4.03. The van der Waals surface area contributed by atoms with E-state index in [0.717, 1.165) is 11.1 Å². The molecule has 0 unspecified atom stereocenters. The summed E-state index contributed by atoms with van der Waals surface area (Å²) in [7, 11) is 0. The van der Waals surface area contributed by atoms with Crippen molar-refractivity contribution in [1.29, 1.82) is 0 Å². The fourth-order valence-electron chi connectivity index (χ4n) is 4.03. The van der Waals surface area contributed by atoms with Crippen LogP contribution >= 0.6 is 0 Å². The zero-order valence-electron chi connectivity index (χ0n) is 17.2. The van der Waals surface area contributed by atoms with Gasteiger partial charge in [-0.1, -0.05) is 60.7 Å². The quantitative estimate of drug-likeness (QED) is 0.662. The second-order valence-electron chi connectivity index (χ2n) is 7.84. The molecule has 2 amide bonds. The van der Waals surface area contributed by atoms with E-state index in [4.69, 9.17) is 0 Å². The Morgan fingerprint density at radius 1 is 0.806 bits per heavy atom. The van der Waals surface area contributed by atoms with Crippen LogP contribution in [0.3, 0.4) is 0 Å². The van der Waals surface area contributed by atoms with Crippen LogP contribution < -0.4 is 5.32 Å². The van der Waals surface area contributed by atoms with Crippen molar-refractivity contribution in [3.63, 3.8) is 0 Å². The molecular weight excluding hydrogens is 391 g/mol. The van der Waals surface area contributed by atoms with E-state index >= 15 is 0 Å². The molecule has 0 spiro atoms. The normalized spacial score (nSPS) is 14.5. The number of nitrogens with one attached hydrogen (secondary N) is 1. The predicted molar refractivity (Wildman–Crippen MR) is 118 cm³/mol. The van der Waals surface area contributed by atoms with Gasteiger partial charge in [0.1, 0.15) is 5.82 Å². The Labute approximate surface area is 181 Å². The molecule has 0 atom stereocenters. The molecule has 158 valence electrons. The molecule has 0 bridgehead atoms. The van der Waals surface area contributed by atoms with Crippen LogP contribution in [0.1, 0.15) is 40.4 Å². The van der Waals surface area contributed by atoms with E-state index in [2.05, 4.69) is 5.32 Å². The number of piperidine rings is 1. The van der Waals surface area contributed by atoms with Gasteiger partial charge in [-0.25, -0.2) is 4.39 Å². The van der Waals surface area contributed by atoms with Crippen molar-refractivity contribution in [2.24, 2.45) is 5.92 Å². The molecule has 1 fully saturated rings. The van der Waals surface area contributed by atoms with Crippen LogP contribution in [0, 0.1) is 11.7 Å². The van der Waals surface area contributed by atoms with E-state index in [0.29, 0.717) is 31.5 Å². The molecule has 1 saturated heterocycles. The number of nitrogens with zero attached hydrogens (tertiary/aromatic N) is 1. The largest absolute Gasteiger partial charge is 0.345 e. The molecule has 31 heavy (non-hydrogen) atoms. The van der Waals surface area contributed by atoms with Crippen LogP contribution in [0.4, 0.5) is 4.39 Å². The zero-order valence-corrected chi connectivity index (χ0v) is 17.2. The minimum atomic E-state index is -0.363. The fraction of sp³-hybridized carbons (Fsp3) is 0.231. The van der Waals surface area contributed by atoms with Crippen molar-refractivity contribution >= 4 is 11.8 Å². The molecule has 4 nitrogen and oxygen atoms in total. The monoisotopic (exact) mass is 416 g/mol. The van der Waals surface area contributed by atoms with E-state index in [-0.39, 0.29) is 29.6 Å². The molecule has 0 saturated carbocycles. The number of benzene rings is 3. The summed E-state index contributed by atoms with van der Waals surface area (Å²) in [4.78, 5) is 27.5. The van der Waals surface area contributed by atoms with Crippen molar-refractivity contribution in [1.82, 2.24) is 10.2 Å². The first-order valence-corrected chi connectivity index (χ1v) is 10.6. The van der Waals surface area contributed by atoms with Gasteiger partial charge in [-0.2, -0.15) is 0 Å². The van der Waals surface area contributed by atoms with Crippen molar-refractivity contribution in [3.8, 4) is 0 Å². The Hall–Kier alpha value is -3.47. The van der Waals surface area contributed by atoms with Crippen LogP contribution in [0.5, 0.6) is 0 Å². The standard InChI is InChI=1S/C26H25FN2O2/c27-23-13-11-22(12-14-23)26(31)29-17-15-21(16-18-29)25(30)28-24(19-7-3-1-4-8-19)20-9-5-2-6-10-20/h1-14,21,24H,15-18H2,(H,28,30). The zero-order chi connectivity index (χ0) is 21.6. The maximum Gasteiger partial charge on any atom is 0.253 e. The number of likely N-dealkylation sites (tertiary alicyclic amines) is 1. The minimum absolute atomic E-state index is 0.00610. The third-order valence-corrected chi connectivity index (χ3v) is 5.80. The van der Waals surface area contributed by atoms with Gasteiger partial charge in [0.15, 0.2) is 0 Å². The first-order chi connectivity index (χ1) is 15.1. The summed E-state index contributed by atoms with van der Waals surface area (Å²) in [5, 5.41) is 3.22. The average Bonchev–Trinajstić information content (AvgIpc) is 2.83. The lowest BCUT2D eigenvalue weighted by Crippen LogP contribution is -2.43. The van der Waals surface area contributed by atoms with Crippen molar-refractivity contribution in [3.05, 3.63) is 107 Å². The Balaban J connectivity index is 1.40. The van der Waals surface area contributed by atoms with Crippen LogP contribution in [0.25, 0.3) is 0 Å². The average molecular weight is 416 g/mol. The molecule has 1 heterocycles. The second-order valence-corrected chi connectivity index (χ2v) is 7.84. The number of carbonyl (C=O) groups excluding carboxylic acids is 2. The van der Waals surface area contributed by atoms with Crippen LogP contribution in [0.2, 0.25) is 0 Å². The predicted octanol–water partition coefficient (Wildman–Crippen LogP) is 4.58. The van der Waals surface area contributed by atoms with Crippen molar-refractivity contribution in [2.75, 3.05) is 13.1 Å². The Kier molecular flexibility index (Phi) is 6.41. The van der Waals surface area contributed by atoms with Gasteiger partial charge in [0.05, 0.1) is 6.04 Å². The van der Waals surface area contributed by atoms with Crippen molar-refractivity contribution in [2.45, 2.75) is 18.9 Å². The molecule has 0 aromatic heterocycles. The number of rotatable bonds is 5. The third kappa shape index (κ3) is 5.00.